The first-order valence-electron chi connectivity index (χ1n) is 14.3. The number of carbonyl (C=O) groups excluding carboxylic acids is 3. The number of para-hydroxylation sites is 2. The van der Waals surface area contributed by atoms with Crippen LogP contribution in [0.5, 0.6) is 5.88 Å². The minimum atomic E-state index is -3.60. The van der Waals surface area contributed by atoms with Crippen LogP contribution in [-0.2, 0) is 29.7 Å². The Bertz CT molecular complexity index is 1410. The molecule has 2 amide bonds. The third-order valence-corrected chi connectivity index (χ3v) is 7.91. The Hall–Kier alpha value is -3.87. The van der Waals surface area contributed by atoms with Crippen LogP contribution in [0.2, 0.25) is 0 Å². The van der Waals surface area contributed by atoms with E-state index < -0.39 is 71.3 Å². The van der Waals surface area contributed by atoms with E-state index in [4.69, 9.17) is 18.9 Å². The molecule has 1 aromatic carbocycles. The van der Waals surface area contributed by atoms with Gasteiger partial charge in [-0.3, -0.25) is 4.79 Å². The number of esters is 1. The number of methoxy groups -OCH3 is 1. The summed E-state index contributed by atoms with van der Waals surface area (Å²) in [6.07, 6.45) is 0.799. The number of nitrogens with one attached hydrogen (secondary N) is 1. The summed E-state index contributed by atoms with van der Waals surface area (Å²) in [4.78, 5) is 49.6. The lowest BCUT2D eigenvalue weighted by molar-refractivity contribution is -0.152. The van der Waals surface area contributed by atoms with Gasteiger partial charge in [0.2, 0.25) is 11.8 Å². The van der Waals surface area contributed by atoms with Gasteiger partial charge in [-0.15, -0.1) is 0 Å². The van der Waals surface area contributed by atoms with E-state index in [2.05, 4.69) is 15.3 Å². The van der Waals surface area contributed by atoms with Crippen LogP contribution in [0.1, 0.15) is 52.1 Å². The molecule has 3 aliphatic rings. The van der Waals surface area contributed by atoms with Crippen molar-refractivity contribution in [3.05, 3.63) is 42.1 Å². The number of benzene rings is 1. The van der Waals surface area contributed by atoms with Crippen LogP contribution in [-0.4, -0.2) is 83.5 Å². The minimum Gasteiger partial charge on any atom is -0.471 e. The SMILES string of the molecule is COC(=O)C1CC2CN1C(=O)C(C(C)(C)C)NC(=O)OC1CCCC1OCC=CC(F)(F)c1nc3ccccc3nc1O2. The largest absolute Gasteiger partial charge is 0.471 e. The number of aromatic nitrogens is 2. The molecule has 1 N–H and O–H groups in total. The summed E-state index contributed by atoms with van der Waals surface area (Å²) in [5, 5.41) is 2.69. The summed E-state index contributed by atoms with van der Waals surface area (Å²) in [5.41, 5.74) is -0.900. The summed E-state index contributed by atoms with van der Waals surface area (Å²) in [7, 11) is 1.19. The highest BCUT2D eigenvalue weighted by Crippen LogP contribution is 2.37. The zero-order valence-electron chi connectivity index (χ0n) is 24.5. The number of halogens is 2. The van der Waals surface area contributed by atoms with Gasteiger partial charge >= 0.3 is 18.0 Å². The van der Waals surface area contributed by atoms with Gasteiger partial charge in [0.25, 0.3) is 0 Å². The predicted octanol–water partition coefficient (Wildman–Crippen LogP) is 3.89. The molecule has 11 nitrogen and oxygen atoms in total. The summed E-state index contributed by atoms with van der Waals surface area (Å²) in [6, 6.07) is 4.38. The number of carbonyl (C=O) groups is 3. The number of fused-ring (bicyclic) bond motifs is 5. The lowest BCUT2D eigenvalue weighted by Crippen LogP contribution is -2.57. The van der Waals surface area contributed by atoms with Crippen molar-refractivity contribution in [2.24, 2.45) is 5.41 Å². The molecule has 1 saturated carbocycles. The van der Waals surface area contributed by atoms with Crippen LogP contribution in [0.25, 0.3) is 11.0 Å². The standard InChI is InChI=1S/C30H36F2N4O7/c1-29(2,3)24-26(37)36-16-17(15-20(36)27(38)40-4)42-25-23(33-18-9-5-6-10-19(18)34-25)30(31,32)13-8-14-41-21-11-7-12-22(21)43-28(39)35-24/h5-6,8-10,13,17,20-22,24H,7,11-12,14-16H2,1-4H3,(H,35,39). The lowest BCUT2D eigenvalue weighted by Gasteiger charge is -2.35. The number of nitrogens with zero attached hydrogens (tertiary/aromatic N) is 3. The highest BCUT2D eigenvalue weighted by Gasteiger charge is 2.47. The Labute approximate surface area is 247 Å². The van der Waals surface area contributed by atoms with Gasteiger partial charge in [-0.05, 0) is 42.9 Å². The fraction of sp³-hybridized carbons (Fsp3) is 0.567. The van der Waals surface area contributed by atoms with Gasteiger partial charge in [-0.1, -0.05) is 39.0 Å². The second-order valence-corrected chi connectivity index (χ2v) is 12.1. The van der Waals surface area contributed by atoms with Gasteiger partial charge in [0.15, 0.2) is 5.69 Å². The zero-order chi connectivity index (χ0) is 30.9. The molecule has 3 heterocycles. The molecule has 1 saturated heterocycles. The molecule has 1 aromatic heterocycles. The second kappa shape index (κ2) is 12.0. The Morgan fingerprint density at radius 3 is 2.49 bits per heavy atom. The molecule has 5 atom stereocenters. The number of rotatable bonds is 1. The van der Waals surface area contributed by atoms with Gasteiger partial charge in [0, 0.05) is 6.42 Å². The fourth-order valence-electron chi connectivity index (χ4n) is 5.70. The quantitative estimate of drug-likeness (QED) is 0.382. The molecule has 13 heteroatoms. The van der Waals surface area contributed by atoms with Crippen molar-refractivity contribution in [2.75, 3.05) is 20.3 Å². The van der Waals surface area contributed by atoms with Gasteiger partial charge in [-0.2, -0.15) is 8.78 Å². The van der Waals surface area contributed by atoms with Crippen molar-refractivity contribution < 1.29 is 42.1 Å². The third kappa shape index (κ3) is 6.56. The highest BCUT2D eigenvalue weighted by molar-refractivity contribution is 5.91. The van der Waals surface area contributed by atoms with Crippen molar-refractivity contribution in [2.45, 2.75) is 82.8 Å². The van der Waals surface area contributed by atoms with Crippen molar-refractivity contribution in [3.8, 4) is 5.88 Å². The van der Waals surface area contributed by atoms with E-state index in [0.717, 1.165) is 0 Å². The topological polar surface area (TPSA) is 129 Å². The Balaban J connectivity index is 1.57. The van der Waals surface area contributed by atoms with Gasteiger partial charge in [0.1, 0.15) is 24.3 Å². The molecular weight excluding hydrogens is 566 g/mol. The molecule has 5 rings (SSSR count). The number of ether oxygens (including phenoxy) is 4. The molecule has 0 radical (unpaired) electrons. The van der Waals surface area contributed by atoms with Crippen LogP contribution in [0.15, 0.2) is 36.4 Å². The number of hydrogen-bond donors (Lipinski definition) is 1. The van der Waals surface area contributed by atoms with Gasteiger partial charge in [-0.25, -0.2) is 19.6 Å². The normalized spacial score (nSPS) is 28.1. The average molecular weight is 603 g/mol. The van der Waals surface area contributed by atoms with Crippen molar-refractivity contribution in [1.29, 1.82) is 0 Å². The molecule has 2 aliphatic heterocycles. The molecule has 2 fully saturated rings. The van der Waals surface area contributed by atoms with E-state index >= 15 is 8.78 Å². The summed E-state index contributed by atoms with van der Waals surface area (Å²) in [5.74, 6) is -5.28. The van der Waals surface area contributed by atoms with Gasteiger partial charge < -0.3 is 29.2 Å². The first-order chi connectivity index (χ1) is 20.4. The molecule has 1 aliphatic carbocycles. The predicted molar refractivity (Wildman–Crippen MR) is 149 cm³/mol. The summed E-state index contributed by atoms with van der Waals surface area (Å²) >= 11 is 0. The van der Waals surface area contributed by atoms with Crippen LogP contribution >= 0.6 is 0 Å². The molecule has 5 unspecified atom stereocenters. The lowest BCUT2D eigenvalue weighted by atomic mass is 9.85. The Kier molecular flexibility index (Phi) is 8.55. The van der Waals surface area contributed by atoms with Crippen molar-refractivity contribution in [1.82, 2.24) is 20.2 Å². The number of hydrogen-bond acceptors (Lipinski definition) is 9. The van der Waals surface area contributed by atoms with Crippen LogP contribution in [0, 0.1) is 5.41 Å². The van der Waals surface area contributed by atoms with E-state index in [1.54, 1.807) is 45.0 Å². The van der Waals surface area contributed by atoms with E-state index in [-0.39, 0.29) is 25.1 Å². The number of alkyl halides is 2. The van der Waals surface area contributed by atoms with E-state index in [1.807, 2.05) is 0 Å². The summed E-state index contributed by atoms with van der Waals surface area (Å²) in [6.45, 7) is 5.01. The first kappa shape index (κ1) is 30.6. The van der Waals surface area contributed by atoms with Crippen molar-refractivity contribution in [3.63, 3.8) is 0 Å². The Morgan fingerprint density at radius 2 is 1.79 bits per heavy atom. The van der Waals surface area contributed by atoms with Crippen LogP contribution in [0.3, 0.4) is 0 Å². The Morgan fingerprint density at radius 1 is 1.09 bits per heavy atom. The van der Waals surface area contributed by atoms with Crippen LogP contribution < -0.4 is 10.1 Å². The molecule has 232 valence electrons. The second-order valence-electron chi connectivity index (χ2n) is 12.1. The average Bonchev–Trinajstić information content (AvgIpc) is 3.58. The van der Waals surface area contributed by atoms with E-state index in [9.17, 15) is 14.4 Å². The maximum atomic E-state index is 15.7. The molecular formula is C30H36F2N4O7. The van der Waals surface area contributed by atoms with Crippen molar-refractivity contribution >= 4 is 29.0 Å². The van der Waals surface area contributed by atoms with E-state index in [0.29, 0.717) is 30.9 Å². The molecule has 0 spiro atoms. The number of allylic oxidation sites excluding steroid dienone is 1. The fourth-order valence-corrected chi connectivity index (χ4v) is 5.70. The highest BCUT2D eigenvalue weighted by atomic mass is 19.3. The number of alkyl carbamates (subject to hydrolysis) is 1. The monoisotopic (exact) mass is 602 g/mol. The molecule has 43 heavy (non-hydrogen) atoms. The van der Waals surface area contributed by atoms with E-state index in [1.165, 1.54) is 18.1 Å². The third-order valence-electron chi connectivity index (χ3n) is 7.91. The first-order valence-corrected chi connectivity index (χ1v) is 14.3. The maximum absolute atomic E-state index is 15.7. The van der Waals surface area contributed by atoms with Gasteiger partial charge in [0.05, 0.1) is 37.4 Å². The smallest absolute Gasteiger partial charge is 0.408 e. The molecule has 2 bridgehead atoms. The van der Waals surface area contributed by atoms with Crippen LogP contribution in [0.4, 0.5) is 13.6 Å². The molecule has 2 aromatic rings. The number of amides is 2. The minimum absolute atomic E-state index is 0.0489. The zero-order valence-corrected chi connectivity index (χ0v) is 24.5. The summed E-state index contributed by atoms with van der Waals surface area (Å²) < 4.78 is 53.8. The maximum Gasteiger partial charge on any atom is 0.408 e.